The van der Waals surface area contributed by atoms with Gasteiger partial charge < -0.3 is 15.0 Å². The van der Waals surface area contributed by atoms with Gasteiger partial charge >= 0.3 is 0 Å². The molecule has 0 radical (unpaired) electrons. The molecule has 9 nitrogen and oxygen atoms in total. The average molecular weight is 479 g/mol. The summed E-state index contributed by atoms with van der Waals surface area (Å²) in [6.45, 7) is 4.04. The van der Waals surface area contributed by atoms with Crippen molar-refractivity contribution in [3.05, 3.63) is 70.8 Å². The third-order valence-electron chi connectivity index (χ3n) is 6.29. The molecule has 3 N–H and O–H groups in total. The lowest BCUT2D eigenvalue weighted by molar-refractivity contribution is -0.148. The van der Waals surface area contributed by atoms with Crippen molar-refractivity contribution in [3.8, 4) is 11.8 Å². The highest BCUT2D eigenvalue weighted by Gasteiger charge is 2.47. The average Bonchev–Trinajstić information content (AvgIpc) is 2.87. The van der Waals surface area contributed by atoms with Gasteiger partial charge in [0.15, 0.2) is 5.54 Å². The van der Waals surface area contributed by atoms with Gasteiger partial charge in [0.1, 0.15) is 0 Å². The number of nitrogens with one attached hydrogen (secondary N) is 2. The van der Waals surface area contributed by atoms with Crippen molar-refractivity contribution in [1.82, 2.24) is 20.6 Å². The standard InChI is InChI=1S/C26H30N4O5/c1-26(24(32)27-2,25(33)28-34)29(3)23(31)21-13-11-19(12-14-21)6-5-18-7-9-20(10-8-18)15-30-16-22(17-30)35-4/h7-14,22,34H,15-17H2,1-4H3,(H,27,32)(H,28,33)/t26-/m0/s1. The van der Waals surface area contributed by atoms with Gasteiger partial charge in [-0.3, -0.25) is 24.5 Å². The first-order chi connectivity index (χ1) is 16.7. The van der Waals surface area contributed by atoms with Crippen molar-refractivity contribution in [2.45, 2.75) is 25.1 Å². The number of nitrogens with zero attached hydrogens (tertiary/aromatic N) is 2. The number of ether oxygens (including phenoxy) is 1. The van der Waals surface area contributed by atoms with Crippen LogP contribution >= 0.6 is 0 Å². The zero-order valence-electron chi connectivity index (χ0n) is 20.3. The number of benzene rings is 2. The van der Waals surface area contributed by atoms with Crippen LogP contribution in [-0.4, -0.2) is 78.7 Å². The van der Waals surface area contributed by atoms with Gasteiger partial charge in [-0.1, -0.05) is 24.0 Å². The Kier molecular flexibility index (Phi) is 8.25. The number of rotatable bonds is 7. The fourth-order valence-electron chi connectivity index (χ4n) is 3.75. The summed E-state index contributed by atoms with van der Waals surface area (Å²) in [4.78, 5) is 40.7. The lowest BCUT2D eigenvalue weighted by Crippen LogP contribution is -2.64. The van der Waals surface area contributed by atoms with Gasteiger partial charge in [-0.05, 0) is 48.9 Å². The van der Waals surface area contributed by atoms with E-state index in [-0.39, 0.29) is 5.56 Å². The third-order valence-corrected chi connectivity index (χ3v) is 6.29. The molecule has 35 heavy (non-hydrogen) atoms. The first-order valence-electron chi connectivity index (χ1n) is 11.1. The zero-order valence-corrected chi connectivity index (χ0v) is 20.3. The molecule has 3 rings (SSSR count). The summed E-state index contributed by atoms with van der Waals surface area (Å²) in [5, 5.41) is 11.4. The summed E-state index contributed by atoms with van der Waals surface area (Å²) in [5.74, 6) is 3.87. The predicted molar refractivity (Wildman–Crippen MR) is 129 cm³/mol. The van der Waals surface area contributed by atoms with Crippen LogP contribution in [0, 0.1) is 11.8 Å². The van der Waals surface area contributed by atoms with Crippen LogP contribution in [0.15, 0.2) is 48.5 Å². The highest BCUT2D eigenvalue weighted by atomic mass is 16.5. The van der Waals surface area contributed by atoms with Crippen molar-refractivity contribution < 1.29 is 24.3 Å². The van der Waals surface area contributed by atoms with Crippen LogP contribution in [-0.2, 0) is 20.9 Å². The van der Waals surface area contributed by atoms with Crippen LogP contribution in [0.3, 0.4) is 0 Å². The second-order valence-electron chi connectivity index (χ2n) is 8.53. The first kappa shape index (κ1) is 25.9. The molecule has 1 aliphatic heterocycles. The van der Waals surface area contributed by atoms with Crippen LogP contribution in [0.5, 0.6) is 0 Å². The van der Waals surface area contributed by atoms with Gasteiger partial charge in [0, 0.05) is 57.5 Å². The van der Waals surface area contributed by atoms with Crippen molar-refractivity contribution in [3.63, 3.8) is 0 Å². The van der Waals surface area contributed by atoms with Crippen LogP contribution in [0.4, 0.5) is 0 Å². The van der Waals surface area contributed by atoms with E-state index in [4.69, 9.17) is 9.94 Å². The Balaban J connectivity index is 1.65. The maximum atomic E-state index is 12.9. The third kappa shape index (κ3) is 5.69. The van der Waals surface area contributed by atoms with E-state index in [9.17, 15) is 14.4 Å². The van der Waals surface area contributed by atoms with E-state index in [1.807, 2.05) is 12.1 Å². The Morgan fingerprint density at radius 2 is 1.60 bits per heavy atom. The quantitative estimate of drug-likeness (QED) is 0.237. The SMILES string of the molecule is CNC(=O)[C@@](C)(C(=O)NO)N(C)C(=O)c1ccc(C#Cc2ccc(CN3CC(OC)C3)cc2)cc1. The summed E-state index contributed by atoms with van der Waals surface area (Å²) in [5.41, 5.74) is 2.59. The van der Waals surface area contributed by atoms with E-state index in [2.05, 4.69) is 34.2 Å². The summed E-state index contributed by atoms with van der Waals surface area (Å²) < 4.78 is 5.30. The molecule has 2 aromatic carbocycles. The first-order valence-corrected chi connectivity index (χ1v) is 11.1. The van der Waals surface area contributed by atoms with Crippen molar-refractivity contribution in [1.29, 1.82) is 0 Å². The highest BCUT2D eigenvalue weighted by molar-refractivity contribution is 6.12. The molecule has 9 heteroatoms. The lowest BCUT2D eigenvalue weighted by Gasteiger charge is -2.38. The number of amides is 3. The van der Waals surface area contributed by atoms with Crippen LogP contribution in [0.2, 0.25) is 0 Å². The van der Waals surface area contributed by atoms with Gasteiger partial charge in [-0.15, -0.1) is 0 Å². The summed E-state index contributed by atoms with van der Waals surface area (Å²) in [6.07, 6.45) is 0.336. The van der Waals surface area contributed by atoms with Crippen LogP contribution in [0.1, 0.15) is 34.0 Å². The molecule has 0 saturated carbocycles. The molecule has 0 unspecified atom stereocenters. The molecule has 0 aliphatic carbocycles. The number of carbonyl (C=O) groups excluding carboxylic acids is 3. The monoisotopic (exact) mass is 478 g/mol. The molecular weight excluding hydrogens is 448 g/mol. The van der Waals surface area contributed by atoms with E-state index in [1.54, 1.807) is 31.4 Å². The Labute approximate surface area is 205 Å². The van der Waals surface area contributed by atoms with Crippen molar-refractivity contribution >= 4 is 17.7 Å². The van der Waals surface area contributed by atoms with Crippen molar-refractivity contribution in [2.24, 2.45) is 0 Å². The van der Waals surface area contributed by atoms with Gasteiger partial charge in [-0.2, -0.15) is 0 Å². The summed E-state index contributed by atoms with van der Waals surface area (Å²) in [7, 11) is 4.40. The number of hydrogen-bond donors (Lipinski definition) is 3. The number of hydrogen-bond acceptors (Lipinski definition) is 6. The summed E-state index contributed by atoms with van der Waals surface area (Å²) >= 11 is 0. The largest absolute Gasteiger partial charge is 0.379 e. The number of likely N-dealkylation sites (N-methyl/N-ethyl adjacent to an activating group) is 2. The van der Waals surface area contributed by atoms with E-state index >= 15 is 0 Å². The molecular formula is C26H30N4O5. The Morgan fingerprint density at radius 3 is 2.09 bits per heavy atom. The molecule has 1 atom stereocenters. The van der Waals surface area contributed by atoms with Crippen molar-refractivity contribution in [2.75, 3.05) is 34.3 Å². The Hall–Kier alpha value is -3.71. The fraction of sp³-hybridized carbons (Fsp3) is 0.346. The predicted octanol–water partition coefficient (Wildman–Crippen LogP) is 0.999. The van der Waals surface area contributed by atoms with Gasteiger partial charge in [0.05, 0.1) is 6.10 Å². The molecule has 0 bridgehead atoms. The minimum Gasteiger partial charge on any atom is -0.379 e. The minimum atomic E-state index is -1.94. The van der Waals surface area contributed by atoms with Crippen LogP contribution < -0.4 is 10.8 Å². The van der Waals surface area contributed by atoms with Gasteiger partial charge in [-0.25, -0.2) is 5.48 Å². The smallest absolute Gasteiger partial charge is 0.278 e. The second kappa shape index (κ2) is 11.1. The molecule has 3 amide bonds. The molecule has 0 spiro atoms. The number of carbonyl (C=O) groups is 3. The topological polar surface area (TPSA) is 111 Å². The molecule has 184 valence electrons. The second-order valence-corrected chi connectivity index (χ2v) is 8.53. The van der Waals surface area contributed by atoms with Gasteiger partial charge in [0.2, 0.25) is 0 Å². The molecule has 1 saturated heterocycles. The molecule has 1 aliphatic rings. The number of likely N-dealkylation sites (tertiary alicyclic amines) is 1. The maximum absolute atomic E-state index is 12.9. The lowest BCUT2D eigenvalue weighted by atomic mass is 9.96. The number of methoxy groups -OCH3 is 1. The normalized spacial score (nSPS) is 15.1. The number of hydroxylamine groups is 1. The van der Waals surface area contributed by atoms with E-state index in [0.717, 1.165) is 30.1 Å². The molecule has 2 aromatic rings. The Morgan fingerprint density at radius 1 is 1.06 bits per heavy atom. The zero-order chi connectivity index (χ0) is 25.6. The molecule has 1 fully saturated rings. The Bertz CT molecular complexity index is 1110. The van der Waals surface area contributed by atoms with Crippen LogP contribution in [0.25, 0.3) is 0 Å². The maximum Gasteiger partial charge on any atom is 0.278 e. The molecule has 1 heterocycles. The highest BCUT2D eigenvalue weighted by Crippen LogP contribution is 2.19. The van der Waals surface area contributed by atoms with E-state index < -0.39 is 23.3 Å². The molecule has 0 aromatic heterocycles. The van der Waals surface area contributed by atoms with Gasteiger partial charge in [0.25, 0.3) is 17.7 Å². The summed E-state index contributed by atoms with van der Waals surface area (Å²) in [6, 6.07) is 14.6. The fourth-order valence-corrected chi connectivity index (χ4v) is 3.75. The van der Waals surface area contributed by atoms with E-state index in [0.29, 0.717) is 11.7 Å². The minimum absolute atomic E-state index is 0.268. The van der Waals surface area contributed by atoms with E-state index in [1.165, 1.54) is 32.1 Å².